The maximum atomic E-state index is 11.5. The average Bonchev–Trinajstić information content (AvgIpc) is 2.36. The molecule has 0 radical (unpaired) electrons. The third-order valence-electron chi connectivity index (χ3n) is 3.37. The van der Waals surface area contributed by atoms with Crippen LogP contribution in [-0.2, 0) is 9.53 Å². The first-order valence-corrected chi connectivity index (χ1v) is 6.86. The maximum Gasteiger partial charge on any atom is 0.409 e. The average molecular weight is 272 g/mol. The van der Waals surface area contributed by atoms with Crippen LogP contribution in [0.5, 0.6) is 0 Å². The number of piperidine rings is 1. The second-order valence-electron chi connectivity index (χ2n) is 5.19. The Bertz CT molecular complexity index is 312. The van der Waals surface area contributed by atoms with Crippen LogP contribution >= 0.6 is 0 Å². The lowest BCUT2D eigenvalue weighted by Gasteiger charge is -2.33. The fourth-order valence-electron chi connectivity index (χ4n) is 2.25. The summed E-state index contributed by atoms with van der Waals surface area (Å²) in [6.45, 7) is 7.17. The molecule has 1 amide bonds. The van der Waals surface area contributed by atoms with E-state index in [1.807, 2.05) is 13.8 Å². The van der Waals surface area contributed by atoms with Gasteiger partial charge in [0.15, 0.2) is 0 Å². The lowest BCUT2D eigenvalue weighted by Crippen LogP contribution is -2.51. The number of hydrogen-bond donors (Lipinski definition) is 2. The molecular formula is C13H24N2O4. The predicted molar refractivity (Wildman–Crippen MR) is 71.0 cm³/mol. The van der Waals surface area contributed by atoms with E-state index < -0.39 is 12.0 Å². The molecular weight excluding hydrogens is 248 g/mol. The minimum absolute atomic E-state index is 0.0422. The van der Waals surface area contributed by atoms with E-state index in [4.69, 9.17) is 9.84 Å². The molecule has 1 aliphatic rings. The van der Waals surface area contributed by atoms with Crippen molar-refractivity contribution in [2.75, 3.05) is 19.7 Å². The molecule has 6 heteroatoms. The number of carbonyl (C=O) groups excluding carboxylic acids is 1. The number of hydrogen-bond acceptors (Lipinski definition) is 4. The zero-order chi connectivity index (χ0) is 14.4. The van der Waals surface area contributed by atoms with Gasteiger partial charge < -0.3 is 20.1 Å². The van der Waals surface area contributed by atoms with Crippen molar-refractivity contribution in [1.29, 1.82) is 0 Å². The van der Waals surface area contributed by atoms with E-state index in [-0.39, 0.29) is 18.1 Å². The van der Waals surface area contributed by atoms with Gasteiger partial charge in [-0.15, -0.1) is 0 Å². The number of aliphatic carboxylic acids is 1. The zero-order valence-electron chi connectivity index (χ0n) is 11.9. The fraction of sp³-hybridized carbons (Fsp3) is 0.846. The van der Waals surface area contributed by atoms with E-state index >= 15 is 0 Å². The second-order valence-corrected chi connectivity index (χ2v) is 5.19. The molecule has 0 aromatic rings. The fourth-order valence-corrected chi connectivity index (χ4v) is 2.25. The Kier molecular flexibility index (Phi) is 6.08. The lowest BCUT2D eigenvalue weighted by molar-refractivity contribution is -0.141. The van der Waals surface area contributed by atoms with Gasteiger partial charge >= 0.3 is 12.1 Å². The Labute approximate surface area is 114 Å². The number of nitrogens with zero attached hydrogens (tertiary/aromatic N) is 1. The van der Waals surface area contributed by atoms with Crippen molar-refractivity contribution in [1.82, 2.24) is 10.2 Å². The van der Waals surface area contributed by atoms with Gasteiger partial charge in [-0.2, -0.15) is 0 Å². The number of rotatable bonds is 5. The molecule has 1 rings (SSSR count). The van der Waals surface area contributed by atoms with Crippen molar-refractivity contribution < 1.29 is 19.4 Å². The Morgan fingerprint density at radius 3 is 2.37 bits per heavy atom. The predicted octanol–water partition coefficient (Wildman–Crippen LogP) is 1.31. The van der Waals surface area contributed by atoms with Gasteiger partial charge in [0.05, 0.1) is 6.61 Å². The highest BCUT2D eigenvalue weighted by molar-refractivity contribution is 5.73. The van der Waals surface area contributed by atoms with Crippen molar-refractivity contribution in [3.8, 4) is 0 Å². The Morgan fingerprint density at radius 1 is 1.37 bits per heavy atom. The first kappa shape index (κ1) is 15.8. The third kappa shape index (κ3) is 4.70. The number of likely N-dealkylation sites (tertiary alicyclic amines) is 1. The molecule has 1 aliphatic heterocycles. The molecule has 1 heterocycles. The highest BCUT2D eigenvalue weighted by Gasteiger charge is 2.28. The van der Waals surface area contributed by atoms with Gasteiger partial charge in [-0.25, -0.2) is 4.79 Å². The van der Waals surface area contributed by atoms with Crippen LogP contribution in [0.4, 0.5) is 4.79 Å². The van der Waals surface area contributed by atoms with Crippen molar-refractivity contribution >= 4 is 12.1 Å². The molecule has 0 aromatic heterocycles. The summed E-state index contributed by atoms with van der Waals surface area (Å²) >= 11 is 0. The quantitative estimate of drug-likeness (QED) is 0.789. The summed E-state index contributed by atoms with van der Waals surface area (Å²) in [5.74, 6) is -0.775. The van der Waals surface area contributed by atoms with E-state index in [1.165, 1.54) is 0 Å². The van der Waals surface area contributed by atoms with Crippen LogP contribution in [0.3, 0.4) is 0 Å². The molecule has 0 aliphatic carbocycles. The number of ether oxygens (including phenoxy) is 1. The SMILES string of the molecule is CCOC(=O)N1CCC(NC(C(=O)O)C(C)C)CC1. The molecule has 1 atom stereocenters. The minimum atomic E-state index is -0.817. The van der Waals surface area contributed by atoms with Crippen LogP contribution in [0.25, 0.3) is 0 Å². The number of nitrogens with one attached hydrogen (secondary N) is 1. The van der Waals surface area contributed by atoms with Gasteiger partial charge in [0.1, 0.15) is 6.04 Å². The molecule has 0 aromatic carbocycles. The standard InChI is InChI=1S/C13H24N2O4/c1-4-19-13(18)15-7-5-10(6-8-15)14-11(9(2)3)12(16)17/h9-11,14H,4-8H2,1-3H3,(H,16,17). The van der Waals surface area contributed by atoms with Crippen LogP contribution in [-0.4, -0.2) is 53.8 Å². The number of carbonyl (C=O) groups is 2. The van der Waals surface area contributed by atoms with E-state index in [9.17, 15) is 9.59 Å². The number of carboxylic acids is 1. The molecule has 1 fully saturated rings. The minimum Gasteiger partial charge on any atom is -0.480 e. The van der Waals surface area contributed by atoms with E-state index in [2.05, 4.69) is 5.32 Å². The van der Waals surface area contributed by atoms with E-state index in [1.54, 1.807) is 11.8 Å². The normalized spacial score (nSPS) is 18.4. The molecule has 0 bridgehead atoms. The zero-order valence-corrected chi connectivity index (χ0v) is 11.9. The van der Waals surface area contributed by atoms with Crippen molar-refractivity contribution in [3.05, 3.63) is 0 Å². The molecule has 6 nitrogen and oxygen atoms in total. The largest absolute Gasteiger partial charge is 0.480 e. The van der Waals surface area contributed by atoms with Gasteiger partial charge in [-0.05, 0) is 25.7 Å². The first-order valence-electron chi connectivity index (χ1n) is 6.86. The number of amides is 1. The molecule has 0 saturated carbocycles. The van der Waals surface area contributed by atoms with Gasteiger partial charge in [-0.3, -0.25) is 4.79 Å². The molecule has 2 N–H and O–H groups in total. The van der Waals surface area contributed by atoms with Gasteiger partial charge in [0.2, 0.25) is 0 Å². The van der Waals surface area contributed by atoms with Crippen molar-refractivity contribution in [2.45, 2.75) is 45.7 Å². The van der Waals surface area contributed by atoms with Crippen LogP contribution in [0.2, 0.25) is 0 Å². The molecule has 1 saturated heterocycles. The Balaban J connectivity index is 2.41. The lowest BCUT2D eigenvalue weighted by atomic mass is 9.99. The second kappa shape index (κ2) is 7.33. The van der Waals surface area contributed by atoms with Crippen LogP contribution in [0, 0.1) is 5.92 Å². The monoisotopic (exact) mass is 272 g/mol. The summed E-state index contributed by atoms with van der Waals surface area (Å²) in [6.07, 6.45) is 1.24. The Hall–Kier alpha value is -1.30. The van der Waals surface area contributed by atoms with Crippen LogP contribution in [0.15, 0.2) is 0 Å². The molecule has 0 spiro atoms. The molecule has 19 heavy (non-hydrogen) atoms. The highest BCUT2D eigenvalue weighted by atomic mass is 16.6. The van der Waals surface area contributed by atoms with Crippen LogP contribution < -0.4 is 5.32 Å². The summed E-state index contributed by atoms with van der Waals surface area (Å²) in [5.41, 5.74) is 0. The summed E-state index contributed by atoms with van der Waals surface area (Å²) in [6, 6.07) is -0.381. The summed E-state index contributed by atoms with van der Waals surface area (Å²) < 4.78 is 4.95. The van der Waals surface area contributed by atoms with E-state index in [0.29, 0.717) is 19.7 Å². The first-order chi connectivity index (χ1) is 8.95. The summed E-state index contributed by atoms with van der Waals surface area (Å²) in [5, 5.41) is 12.3. The highest BCUT2D eigenvalue weighted by Crippen LogP contribution is 2.14. The van der Waals surface area contributed by atoms with Crippen molar-refractivity contribution in [2.24, 2.45) is 5.92 Å². The third-order valence-corrected chi connectivity index (χ3v) is 3.37. The molecule has 110 valence electrons. The van der Waals surface area contributed by atoms with Gasteiger partial charge in [0, 0.05) is 19.1 Å². The van der Waals surface area contributed by atoms with Crippen molar-refractivity contribution in [3.63, 3.8) is 0 Å². The topological polar surface area (TPSA) is 78.9 Å². The maximum absolute atomic E-state index is 11.5. The van der Waals surface area contributed by atoms with E-state index in [0.717, 1.165) is 12.8 Å². The number of carboxylic acid groups (broad SMARTS) is 1. The summed E-state index contributed by atoms with van der Waals surface area (Å²) in [4.78, 5) is 24.3. The van der Waals surface area contributed by atoms with Gasteiger partial charge in [-0.1, -0.05) is 13.8 Å². The molecule has 1 unspecified atom stereocenters. The summed E-state index contributed by atoms with van der Waals surface area (Å²) in [7, 11) is 0. The van der Waals surface area contributed by atoms with Crippen LogP contribution in [0.1, 0.15) is 33.6 Å². The smallest absolute Gasteiger partial charge is 0.409 e. The Morgan fingerprint density at radius 2 is 1.95 bits per heavy atom. The van der Waals surface area contributed by atoms with Gasteiger partial charge in [0.25, 0.3) is 0 Å².